The average Bonchev–Trinajstić information content (AvgIpc) is 0.865. The topological polar surface area (TPSA) is 439 Å². The van der Waals surface area contributed by atoms with E-state index in [0.717, 1.165) is 110 Å². The van der Waals surface area contributed by atoms with Crippen molar-refractivity contribution >= 4 is 53.3 Å². The van der Waals surface area contributed by atoms with Crippen LogP contribution in [0.3, 0.4) is 0 Å². The molecule has 0 aliphatic rings. The smallest absolute Gasteiger partial charge is 0.326 e. The largest absolute Gasteiger partial charge is 0.480 e. The minimum absolute atomic E-state index is 0.00935. The van der Waals surface area contributed by atoms with Crippen LogP contribution in [0.4, 0.5) is 0 Å². The van der Waals surface area contributed by atoms with E-state index in [0.29, 0.717) is 109 Å². The molecular formula is C88H180N18O11. The van der Waals surface area contributed by atoms with Crippen molar-refractivity contribution in [2.45, 2.75) is 452 Å². The molecule has 0 radical (unpaired) electrons. The monoisotopic (exact) mass is 1670 g/mol. The zero-order valence-corrected chi connectivity index (χ0v) is 78.5. The predicted molar refractivity (Wildman–Crippen MR) is 480 cm³/mol. The van der Waals surface area contributed by atoms with Gasteiger partial charge in [-0.2, -0.15) is 0 Å². The maximum absolute atomic E-state index is 14.4. The van der Waals surface area contributed by atoms with Gasteiger partial charge in [0.15, 0.2) is 0 Å². The summed E-state index contributed by atoms with van der Waals surface area (Å²) in [5, 5.41) is 70.8. The molecule has 0 saturated carbocycles. The molecule has 688 valence electrons. The molecule has 29 nitrogen and oxygen atoms in total. The Bertz CT molecular complexity index is 2730. The number of carbonyl (C=O) groups excluding carboxylic acids is 7. The van der Waals surface area contributed by atoms with Gasteiger partial charge < -0.3 is 107 Å². The fourth-order valence-electron chi connectivity index (χ4n) is 12.4. The quantitative estimate of drug-likeness (QED) is 0.0254. The van der Waals surface area contributed by atoms with E-state index in [2.05, 4.69) is 258 Å². The van der Waals surface area contributed by atoms with E-state index in [4.69, 9.17) is 11.5 Å². The Morgan fingerprint density at radius 3 is 0.530 bits per heavy atom. The number of rotatable bonds is 63. The molecule has 9 atom stereocenters. The summed E-state index contributed by atoms with van der Waals surface area (Å²) in [5.74, 6) is -5.69. The second-order valence-corrected chi connectivity index (χ2v) is 40.2. The highest BCUT2D eigenvalue weighted by Gasteiger charge is 2.34. The van der Waals surface area contributed by atoms with Crippen molar-refractivity contribution < 1.29 is 53.4 Å². The van der Waals surface area contributed by atoms with Gasteiger partial charge in [0.05, 0.1) is 12.1 Å². The van der Waals surface area contributed by atoms with Gasteiger partial charge in [0, 0.05) is 50.9 Å². The van der Waals surface area contributed by atoms with Gasteiger partial charge in [-0.25, -0.2) is 9.59 Å². The first-order chi connectivity index (χ1) is 54.0. The number of nitrogens with two attached hydrogens (primary N) is 2. The van der Waals surface area contributed by atoms with Gasteiger partial charge in [-0.1, -0.05) is 40.5 Å². The van der Waals surface area contributed by atoms with Crippen LogP contribution in [0.25, 0.3) is 0 Å². The lowest BCUT2D eigenvalue weighted by molar-refractivity contribution is -0.143. The Labute approximate surface area is 710 Å². The maximum atomic E-state index is 14.4. The lowest BCUT2D eigenvalue weighted by Crippen LogP contribution is -2.58. The summed E-state index contributed by atoms with van der Waals surface area (Å²) in [4.78, 5) is 121. The number of hydrogen-bond acceptors (Lipinski definition) is 20. The molecular weight excluding hydrogens is 1490 g/mol. The number of carboxylic acids is 2. The number of nitrogens with one attached hydrogen (secondary N) is 16. The summed E-state index contributed by atoms with van der Waals surface area (Å²) in [6.45, 7) is 58.8. The molecule has 0 aromatic heterocycles. The number of carbonyl (C=O) groups is 9. The zero-order chi connectivity index (χ0) is 89.8. The van der Waals surface area contributed by atoms with Gasteiger partial charge in [0.2, 0.25) is 41.4 Å². The van der Waals surface area contributed by atoms with Crippen molar-refractivity contribution in [3.63, 3.8) is 0 Å². The molecule has 0 bridgehead atoms. The summed E-state index contributed by atoms with van der Waals surface area (Å²) in [7, 11) is 0. The molecule has 0 aliphatic heterocycles. The van der Waals surface area contributed by atoms with Gasteiger partial charge in [0.1, 0.15) is 42.3 Å². The van der Waals surface area contributed by atoms with Crippen molar-refractivity contribution in [3.8, 4) is 0 Å². The lowest BCUT2D eigenvalue weighted by Gasteiger charge is -2.27. The molecule has 22 N–H and O–H groups in total. The van der Waals surface area contributed by atoms with Gasteiger partial charge >= 0.3 is 11.9 Å². The molecule has 117 heavy (non-hydrogen) atoms. The van der Waals surface area contributed by atoms with Gasteiger partial charge in [-0.15, -0.1) is 0 Å². The molecule has 0 aromatic rings. The minimum Gasteiger partial charge on any atom is -0.480 e. The SMILES string of the molecule is CC(C)(C)NCCCCC(NC(=O)[C@H](N)CCCCNC(C)(C)C)C(=O)N[C@@H](CCCCNC(C)(C)C)C(=O)NC(CCCCNC(C)(C)C)C(=O)N[C@@H](CCCCNC(C)(C)C)C(=O)O.CC(C)NCCCCC(NC(=O)[C@@H](CCCCNC(C)(C)C)NC(=O)C(CCCCNC(C)(C)C)NC(=O)[C@@H](N)CCCCNC(C)C)C(=O)O. The Morgan fingerprint density at radius 2 is 0.368 bits per heavy atom. The lowest BCUT2D eigenvalue weighted by atomic mass is 10.0. The summed E-state index contributed by atoms with van der Waals surface area (Å²) in [5.41, 5.74) is 12.2. The number of hydrogen-bond donors (Lipinski definition) is 20. The third-order valence-electron chi connectivity index (χ3n) is 19.1. The third kappa shape index (κ3) is 69.1. The van der Waals surface area contributed by atoms with Crippen molar-refractivity contribution in [1.29, 1.82) is 0 Å². The third-order valence-corrected chi connectivity index (χ3v) is 19.1. The summed E-state index contributed by atoms with van der Waals surface area (Å²) < 4.78 is 0. The molecule has 0 spiro atoms. The summed E-state index contributed by atoms with van der Waals surface area (Å²) in [6, 6.07) is -7.90. The van der Waals surface area contributed by atoms with Crippen LogP contribution in [0, 0.1) is 0 Å². The van der Waals surface area contributed by atoms with E-state index in [1.165, 1.54) is 0 Å². The molecule has 4 unspecified atom stereocenters. The van der Waals surface area contributed by atoms with E-state index >= 15 is 0 Å². The van der Waals surface area contributed by atoms with Gasteiger partial charge in [0.25, 0.3) is 0 Å². The number of aliphatic carboxylic acids is 2. The highest BCUT2D eigenvalue weighted by atomic mass is 16.4. The van der Waals surface area contributed by atoms with Crippen molar-refractivity contribution in [2.24, 2.45) is 11.5 Å². The minimum atomic E-state index is -1.14. The second-order valence-electron chi connectivity index (χ2n) is 40.2. The van der Waals surface area contributed by atoms with Crippen molar-refractivity contribution in [1.82, 2.24) is 85.1 Å². The van der Waals surface area contributed by atoms with E-state index in [-0.39, 0.29) is 64.5 Å². The fraction of sp³-hybridized carbons (Fsp3) is 0.898. The molecule has 0 saturated heterocycles. The van der Waals surface area contributed by atoms with Crippen LogP contribution in [0.15, 0.2) is 0 Å². The number of unbranched alkanes of at least 4 members (excludes halogenated alkanes) is 9. The fourth-order valence-corrected chi connectivity index (χ4v) is 12.4. The maximum Gasteiger partial charge on any atom is 0.326 e. The molecule has 0 fully saturated rings. The van der Waals surface area contributed by atoms with E-state index in [1.54, 1.807) is 0 Å². The Morgan fingerprint density at radius 1 is 0.222 bits per heavy atom. The van der Waals surface area contributed by atoms with Crippen molar-refractivity contribution in [2.75, 3.05) is 58.9 Å². The normalized spacial score (nSPS) is 14.8. The first-order valence-electron chi connectivity index (χ1n) is 44.8. The Hall–Kier alpha value is -5.21. The number of carboxylic acid groups (broad SMARTS) is 2. The first-order valence-corrected chi connectivity index (χ1v) is 44.8. The van der Waals surface area contributed by atoms with Crippen LogP contribution in [-0.2, 0) is 43.2 Å². The second kappa shape index (κ2) is 60.3. The standard InChI is InChI=1S/C50H102N10O6.C38H78N8O5/c1-46(2,3)52-31-21-16-26-36(51)41(61)57-37(27-17-22-32-53-47(4,5)6)42(62)58-38(28-18-23-33-54-48(7,8)9)43(63)59-39(29-19-24-34-55-49(10,11)12)44(64)60-40(45(65)66)30-20-25-35-56-50(13,14)15;1-27(2)40-23-15-11-19-29(39)33(47)44-30(20-13-17-25-42-37(5,6)7)34(48)45-31(21-14-18-26-43-38(8,9)10)35(49)46-32(36(50)51)22-12-16-24-41-28(3)4/h36-40,52-56H,16-35,51H2,1-15H3,(H,57,61)(H,58,62)(H,59,63)(H,60,64)(H,65,66);27-32,40-43H,11-26,39H2,1-10H3,(H,44,47)(H,45,48)(H,46,49)(H,50,51)/t36-,37?,38+,39?,40+;29-,30?,31+,32?/m10/s1. The predicted octanol–water partition coefficient (Wildman–Crippen LogP) is 8.44. The van der Waals surface area contributed by atoms with Crippen molar-refractivity contribution in [3.05, 3.63) is 0 Å². The molecule has 0 heterocycles. The highest BCUT2D eigenvalue weighted by Crippen LogP contribution is 2.16. The van der Waals surface area contributed by atoms with Gasteiger partial charge in [-0.05, 0) is 365 Å². The van der Waals surface area contributed by atoms with Gasteiger partial charge in [-0.3, -0.25) is 33.6 Å². The molecule has 7 amide bonds. The Kier molecular flexibility index (Phi) is 58.7. The van der Waals surface area contributed by atoms with E-state index in [1.807, 2.05) is 0 Å². The molecule has 0 aromatic carbocycles. The first kappa shape index (κ1) is 114. The van der Waals surface area contributed by atoms with E-state index in [9.17, 15) is 53.4 Å². The molecule has 29 heteroatoms. The summed E-state index contributed by atoms with van der Waals surface area (Å²) in [6.07, 6.45) is 15.9. The van der Waals surface area contributed by atoms with Crippen LogP contribution in [0.2, 0.25) is 0 Å². The van der Waals surface area contributed by atoms with Crippen LogP contribution in [0.5, 0.6) is 0 Å². The van der Waals surface area contributed by atoms with Crippen LogP contribution < -0.4 is 96.5 Å². The molecule has 0 aliphatic carbocycles. The summed E-state index contributed by atoms with van der Waals surface area (Å²) >= 11 is 0. The van der Waals surface area contributed by atoms with Crippen LogP contribution in [-0.4, -0.2) is 228 Å². The van der Waals surface area contributed by atoms with Crippen LogP contribution in [0.1, 0.15) is 346 Å². The molecule has 0 rings (SSSR count). The number of amides is 7. The Balaban J connectivity index is 0. The van der Waals surface area contributed by atoms with Crippen LogP contribution >= 0.6 is 0 Å². The highest BCUT2D eigenvalue weighted by molar-refractivity contribution is 5.96. The average molecular weight is 1670 g/mol. The van der Waals surface area contributed by atoms with E-state index < -0.39 is 108 Å². The zero-order valence-electron chi connectivity index (χ0n) is 78.5.